The van der Waals surface area contributed by atoms with Crippen LogP contribution < -0.4 is 0 Å². The minimum absolute atomic E-state index is 0.316. The number of aryl methyl sites for hydroxylation is 2. The number of H-pyrrole nitrogens is 1. The van der Waals surface area contributed by atoms with E-state index in [-0.39, 0.29) is 5.82 Å². The summed E-state index contributed by atoms with van der Waals surface area (Å²) in [6.07, 6.45) is 0. The Labute approximate surface area is 97.1 Å². The van der Waals surface area contributed by atoms with E-state index in [9.17, 15) is 4.39 Å². The molecule has 0 saturated carbocycles. The van der Waals surface area contributed by atoms with E-state index in [4.69, 9.17) is 0 Å². The number of imidazole rings is 1. The zero-order valence-corrected chi connectivity index (χ0v) is 9.53. The summed E-state index contributed by atoms with van der Waals surface area (Å²) in [6.45, 7) is 1.91. The molecule has 2 aromatic heterocycles. The maximum atomic E-state index is 13.5. The second-order valence-corrected chi connectivity index (χ2v) is 4.02. The Morgan fingerprint density at radius 3 is 2.82 bits per heavy atom. The fourth-order valence-corrected chi connectivity index (χ4v) is 1.95. The van der Waals surface area contributed by atoms with Gasteiger partial charge in [-0.1, -0.05) is 6.07 Å². The minimum atomic E-state index is -0.316. The molecular weight excluding hydrogens is 219 g/mol. The topological polar surface area (TPSA) is 46.5 Å². The van der Waals surface area contributed by atoms with Crippen LogP contribution in [-0.2, 0) is 7.05 Å². The molecule has 1 aromatic carbocycles. The molecule has 0 aliphatic rings. The zero-order valence-electron chi connectivity index (χ0n) is 9.53. The fourth-order valence-electron chi connectivity index (χ4n) is 1.95. The van der Waals surface area contributed by atoms with Crippen LogP contribution in [-0.4, -0.2) is 19.7 Å². The molecule has 2 heterocycles. The number of benzene rings is 1. The van der Waals surface area contributed by atoms with Gasteiger partial charge in [0.1, 0.15) is 11.2 Å². The summed E-state index contributed by atoms with van der Waals surface area (Å²) in [5, 5.41) is 4.24. The van der Waals surface area contributed by atoms with Crippen molar-refractivity contribution in [2.45, 2.75) is 6.92 Å². The number of halogens is 1. The Balaban J connectivity index is 2.25. The summed E-state index contributed by atoms with van der Waals surface area (Å²) in [7, 11) is 1.84. The van der Waals surface area contributed by atoms with E-state index in [0.29, 0.717) is 16.9 Å². The van der Waals surface area contributed by atoms with Crippen LogP contribution in [0.5, 0.6) is 0 Å². The highest BCUT2D eigenvalue weighted by molar-refractivity contribution is 5.79. The smallest absolute Gasteiger partial charge is 0.156 e. The normalized spacial score (nSPS) is 11.2. The van der Waals surface area contributed by atoms with E-state index in [1.165, 1.54) is 6.07 Å². The Bertz CT molecular complexity index is 696. The number of para-hydroxylation sites is 1. The SMILES string of the molecule is Cc1cc(-c2nc3c(F)cccc3[nH]2)n(C)n1. The molecule has 0 aliphatic carbocycles. The number of aromatic nitrogens is 4. The van der Waals surface area contributed by atoms with Gasteiger partial charge in [0.2, 0.25) is 0 Å². The van der Waals surface area contributed by atoms with Gasteiger partial charge < -0.3 is 4.98 Å². The van der Waals surface area contributed by atoms with Crippen molar-refractivity contribution in [3.05, 3.63) is 35.8 Å². The second kappa shape index (κ2) is 3.41. The predicted molar refractivity (Wildman–Crippen MR) is 63.0 cm³/mol. The number of rotatable bonds is 1. The molecule has 0 atom stereocenters. The first-order chi connectivity index (χ1) is 8.15. The zero-order chi connectivity index (χ0) is 12.0. The largest absolute Gasteiger partial charge is 0.337 e. The van der Waals surface area contributed by atoms with Crippen molar-refractivity contribution in [2.24, 2.45) is 7.05 Å². The lowest BCUT2D eigenvalue weighted by atomic mass is 10.3. The van der Waals surface area contributed by atoms with Crippen molar-refractivity contribution < 1.29 is 4.39 Å². The Kier molecular flexibility index (Phi) is 2.01. The van der Waals surface area contributed by atoms with E-state index in [1.807, 2.05) is 20.0 Å². The van der Waals surface area contributed by atoms with Crippen LogP contribution in [0.3, 0.4) is 0 Å². The lowest BCUT2D eigenvalue weighted by molar-refractivity contribution is 0.637. The lowest BCUT2D eigenvalue weighted by Gasteiger charge is -1.95. The quantitative estimate of drug-likeness (QED) is 0.697. The van der Waals surface area contributed by atoms with Gasteiger partial charge in [-0.3, -0.25) is 4.68 Å². The summed E-state index contributed by atoms with van der Waals surface area (Å²) in [5.41, 5.74) is 2.81. The van der Waals surface area contributed by atoms with Gasteiger partial charge in [0.05, 0.1) is 11.2 Å². The number of nitrogens with zero attached hydrogens (tertiary/aromatic N) is 3. The molecule has 0 amide bonds. The molecule has 0 saturated heterocycles. The summed E-state index contributed by atoms with van der Waals surface area (Å²) in [4.78, 5) is 7.36. The first kappa shape index (κ1) is 10.0. The van der Waals surface area contributed by atoms with E-state index < -0.39 is 0 Å². The van der Waals surface area contributed by atoms with Crippen LogP contribution in [0.2, 0.25) is 0 Å². The molecule has 17 heavy (non-hydrogen) atoms. The second-order valence-electron chi connectivity index (χ2n) is 4.02. The molecule has 0 radical (unpaired) electrons. The standard InChI is InChI=1S/C12H11FN4/c1-7-6-10(17(2)16-7)12-14-9-5-3-4-8(13)11(9)15-12/h3-6H,1-2H3,(H,14,15). The van der Waals surface area contributed by atoms with Crippen molar-refractivity contribution in [2.75, 3.05) is 0 Å². The lowest BCUT2D eigenvalue weighted by Crippen LogP contribution is -1.94. The monoisotopic (exact) mass is 230 g/mol. The van der Waals surface area contributed by atoms with Crippen LogP contribution in [0.1, 0.15) is 5.69 Å². The maximum absolute atomic E-state index is 13.5. The third kappa shape index (κ3) is 1.51. The Hall–Kier alpha value is -2.17. The Morgan fingerprint density at radius 2 is 2.18 bits per heavy atom. The highest BCUT2D eigenvalue weighted by Crippen LogP contribution is 2.22. The highest BCUT2D eigenvalue weighted by Gasteiger charge is 2.12. The molecule has 5 heteroatoms. The van der Waals surface area contributed by atoms with E-state index in [2.05, 4.69) is 15.1 Å². The van der Waals surface area contributed by atoms with Crippen molar-refractivity contribution >= 4 is 11.0 Å². The molecule has 0 fully saturated rings. The van der Waals surface area contributed by atoms with E-state index in [1.54, 1.807) is 16.8 Å². The first-order valence-electron chi connectivity index (χ1n) is 5.30. The molecule has 0 aliphatic heterocycles. The number of fused-ring (bicyclic) bond motifs is 1. The number of aromatic amines is 1. The third-order valence-electron chi connectivity index (χ3n) is 2.71. The van der Waals surface area contributed by atoms with Crippen molar-refractivity contribution in [3.8, 4) is 11.5 Å². The van der Waals surface area contributed by atoms with Gasteiger partial charge in [0, 0.05) is 7.05 Å². The van der Waals surface area contributed by atoms with Gasteiger partial charge in [-0.2, -0.15) is 5.10 Å². The molecule has 3 aromatic rings. The van der Waals surface area contributed by atoms with Crippen molar-refractivity contribution in [1.29, 1.82) is 0 Å². The number of nitrogens with one attached hydrogen (secondary N) is 1. The average molecular weight is 230 g/mol. The molecular formula is C12H11FN4. The van der Waals surface area contributed by atoms with Gasteiger partial charge in [0.25, 0.3) is 0 Å². The third-order valence-corrected chi connectivity index (χ3v) is 2.71. The number of hydrogen-bond donors (Lipinski definition) is 1. The van der Waals surface area contributed by atoms with Gasteiger partial charge in [-0.15, -0.1) is 0 Å². The fraction of sp³-hybridized carbons (Fsp3) is 0.167. The summed E-state index contributed by atoms with van der Waals surface area (Å²) in [6, 6.07) is 6.78. The maximum Gasteiger partial charge on any atom is 0.156 e. The van der Waals surface area contributed by atoms with Gasteiger partial charge >= 0.3 is 0 Å². The van der Waals surface area contributed by atoms with Crippen LogP contribution in [0.15, 0.2) is 24.3 Å². The van der Waals surface area contributed by atoms with Crippen LogP contribution >= 0.6 is 0 Å². The summed E-state index contributed by atoms with van der Waals surface area (Å²) < 4.78 is 15.2. The molecule has 86 valence electrons. The van der Waals surface area contributed by atoms with Crippen molar-refractivity contribution in [3.63, 3.8) is 0 Å². The molecule has 0 spiro atoms. The van der Waals surface area contributed by atoms with E-state index in [0.717, 1.165) is 11.4 Å². The van der Waals surface area contributed by atoms with Gasteiger partial charge in [-0.05, 0) is 25.1 Å². The molecule has 4 nitrogen and oxygen atoms in total. The minimum Gasteiger partial charge on any atom is -0.337 e. The van der Waals surface area contributed by atoms with Crippen molar-refractivity contribution in [1.82, 2.24) is 19.7 Å². The van der Waals surface area contributed by atoms with Gasteiger partial charge in [-0.25, -0.2) is 9.37 Å². The number of hydrogen-bond acceptors (Lipinski definition) is 2. The molecule has 0 bridgehead atoms. The average Bonchev–Trinajstić information content (AvgIpc) is 2.82. The molecule has 0 unspecified atom stereocenters. The van der Waals surface area contributed by atoms with E-state index >= 15 is 0 Å². The summed E-state index contributed by atoms with van der Waals surface area (Å²) in [5.74, 6) is 0.317. The molecule has 1 N–H and O–H groups in total. The Morgan fingerprint density at radius 1 is 1.35 bits per heavy atom. The summed E-state index contributed by atoms with van der Waals surface area (Å²) >= 11 is 0. The van der Waals surface area contributed by atoms with Gasteiger partial charge in [0.15, 0.2) is 11.6 Å². The van der Waals surface area contributed by atoms with Crippen LogP contribution in [0.25, 0.3) is 22.6 Å². The molecule has 3 rings (SSSR count). The van der Waals surface area contributed by atoms with Crippen LogP contribution in [0, 0.1) is 12.7 Å². The van der Waals surface area contributed by atoms with Crippen LogP contribution in [0.4, 0.5) is 4.39 Å². The first-order valence-corrected chi connectivity index (χ1v) is 5.30. The highest BCUT2D eigenvalue weighted by atomic mass is 19.1. The predicted octanol–water partition coefficient (Wildman–Crippen LogP) is 2.41.